The molecule has 1 aliphatic rings. The topological polar surface area (TPSA) is 144 Å². The van der Waals surface area contributed by atoms with Gasteiger partial charge in [0.25, 0.3) is 5.56 Å². The average molecular weight is 850 g/mol. The quantitative estimate of drug-likeness (QED) is 0.0455. The number of amides is 1. The van der Waals surface area contributed by atoms with E-state index >= 15 is 0 Å². The number of anilines is 6. The number of carbonyl (C=O) groups is 2. The standard InChI is InChI=1S/C42H41Cl4N7O4/c1-2-3-4-5-6-7-8-9-10-11-15-18-37(54)47-30-21-22-31(44)34(27-30)48-41-40(42(57)53(50-41)39-32(45)25-29(43)26-33(39)46)52-36-23-20-28(24-35(36)49-51-52)17-14-12-13-16-19-38(55)56/h20-27,48-51H,2-11,15,18H2,1H3,(H,47,54)(H,55,56). The highest BCUT2D eigenvalue weighted by Crippen LogP contribution is 2.40. The number of halogens is 4. The van der Waals surface area contributed by atoms with Gasteiger partial charge in [-0.3, -0.25) is 14.7 Å². The predicted molar refractivity (Wildman–Crippen MR) is 231 cm³/mol. The van der Waals surface area contributed by atoms with E-state index in [0.29, 0.717) is 44.8 Å². The van der Waals surface area contributed by atoms with Gasteiger partial charge in [-0.15, -0.1) is 5.53 Å². The summed E-state index contributed by atoms with van der Waals surface area (Å²) in [4.78, 5) is 37.7. The van der Waals surface area contributed by atoms with Gasteiger partial charge in [-0.25, -0.2) is 14.5 Å². The molecule has 0 spiro atoms. The van der Waals surface area contributed by atoms with Gasteiger partial charge in [0.1, 0.15) is 5.69 Å². The minimum absolute atomic E-state index is 0.0987. The second kappa shape index (κ2) is 21.4. The summed E-state index contributed by atoms with van der Waals surface area (Å²) in [6.45, 7) is 2.23. The van der Waals surface area contributed by atoms with Crippen molar-refractivity contribution in [3.8, 4) is 41.2 Å². The van der Waals surface area contributed by atoms with Crippen molar-refractivity contribution in [1.29, 1.82) is 0 Å². The van der Waals surface area contributed by atoms with E-state index in [9.17, 15) is 14.4 Å². The number of aliphatic carboxylic acids is 1. The molecule has 4 aromatic rings. The van der Waals surface area contributed by atoms with Crippen LogP contribution < -0.4 is 32.2 Å². The summed E-state index contributed by atoms with van der Waals surface area (Å²) in [5, 5.41) is 20.3. The van der Waals surface area contributed by atoms with E-state index in [4.69, 9.17) is 51.5 Å². The molecule has 57 heavy (non-hydrogen) atoms. The first-order valence-electron chi connectivity index (χ1n) is 18.6. The van der Waals surface area contributed by atoms with Gasteiger partial charge >= 0.3 is 5.97 Å². The fourth-order valence-electron chi connectivity index (χ4n) is 6.15. The summed E-state index contributed by atoms with van der Waals surface area (Å²) in [7, 11) is 0. The number of unbranched alkanes of at least 4 members (excludes halogenated alkanes) is 10. The zero-order chi connectivity index (χ0) is 40.7. The van der Waals surface area contributed by atoms with Crippen molar-refractivity contribution in [2.24, 2.45) is 0 Å². The van der Waals surface area contributed by atoms with E-state index in [0.717, 1.165) is 19.3 Å². The number of H-pyrrole nitrogens is 1. The maximum atomic E-state index is 14.3. The first kappa shape index (κ1) is 42.9. The van der Waals surface area contributed by atoms with Crippen LogP contribution in [0.15, 0.2) is 53.3 Å². The molecule has 0 saturated heterocycles. The normalized spacial score (nSPS) is 11.3. The molecule has 3 aromatic carbocycles. The van der Waals surface area contributed by atoms with Crippen molar-refractivity contribution in [1.82, 2.24) is 15.3 Å². The summed E-state index contributed by atoms with van der Waals surface area (Å²) in [6.07, 6.45) is 13.6. The molecule has 0 aliphatic carbocycles. The largest absolute Gasteiger partial charge is 0.472 e. The number of hydrogen-bond acceptors (Lipinski definition) is 7. The van der Waals surface area contributed by atoms with Gasteiger partial charge in [0.2, 0.25) is 5.91 Å². The molecule has 2 heterocycles. The van der Waals surface area contributed by atoms with Crippen LogP contribution in [0.5, 0.6) is 0 Å². The summed E-state index contributed by atoms with van der Waals surface area (Å²) >= 11 is 26.0. The number of aromatic nitrogens is 2. The molecule has 0 atom stereocenters. The van der Waals surface area contributed by atoms with Crippen molar-refractivity contribution in [2.75, 3.05) is 21.1 Å². The van der Waals surface area contributed by atoms with Gasteiger partial charge in [-0.2, -0.15) is 0 Å². The lowest BCUT2D eigenvalue weighted by atomic mass is 10.1. The number of fused-ring (bicyclic) bond motifs is 1. The number of nitrogens with one attached hydrogen (secondary N) is 5. The van der Waals surface area contributed by atoms with Crippen molar-refractivity contribution >= 4 is 92.5 Å². The van der Waals surface area contributed by atoms with Gasteiger partial charge in [-0.1, -0.05) is 123 Å². The number of nitrogens with zero attached hydrogens (tertiary/aromatic N) is 2. The SMILES string of the molecule is CCCCCCCCCCCCCC(=O)Nc1ccc(Cl)c(Nc2[nH]n(-c3c(Cl)cc(Cl)cc3Cl)c(=O)c2N2NNc3cc(C#CC#CC#CC(=O)O)ccc32)c1. The molecule has 0 radical (unpaired) electrons. The monoisotopic (exact) mass is 847 g/mol. The zero-order valence-electron chi connectivity index (χ0n) is 31.2. The molecule has 0 bridgehead atoms. The van der Waals surface area contributed by atoms with Crippen LogP contribution in [-0.2, 0) is 9.59 Å². The fourth-order valence-corrected chi connectivity index (χ4v) is 7.30. The number of rotatable bonds is 17. The van der Waals surface area contributed by atoms with Gasteiger partial charge < -0.3 is 21.2 Å². The van der Waals surface area contributed by atoms with Crippen molar-refractivity contribution < 1.29 is 14.7 Å². The number of carbonyl (C=O) groups excluding carboxylic acids is 1. The molecular weight excluding hydrogens is 808 g/mol. The highest BCUT2D eigenvalue weighted by molar-refractivity contribution is 6.40. The lowest BCUT2D eigenvalue weighted by Crippen LogP contribution is -2.35. The average Bonchev–Trinajstić information content (AvgIpc) is 3.71. The van der Waals surface area contributed by atoms with Crippen LogP contribution in [-0.4, -0.2) is 26.8 Å². The Balaban J connectivity index is 1.34. The molecule has 11 nitrogen and oxygen atoms in total. The van der Waals surface area contributed by atoms with Crippen LogP contribution in [0, 0.1) is 35.5 Å². The molecule has 5 rings (SSSR count). The van der Waals surface area contributed by atoms with Crippen molar-refractivity contribution in [3.63, 3.8) is 0 Å². The van der Waals surface area contributed by atoms with Gasteiger partial charge in [-0.05, 0) is 78.6 Å². The Kier molecular flexibility index (Phi) is 16.1. The molecular formula is C42H41Cl4N7O4. The number of hydrazine groups is 2. The molecule has 296 valence electrons. The van der Waals surface area contributed by atoms with Gasteiger partial charge in [0.15, 0.2) is 11.5 Å². The summed E-state index contributed by atoms with van der Waals surface area (Å²) in [5.41, 5.74) is 8.46. The minimum Gasteiger partial charge on any atom is -0.472 e. The Morgan fingerprint density at radius 3 is 2.12 bits per heavy atom. The third-order valence-corrected chi connectivity index (χ3v) is 10.0. The maximum absolute atomic E-state index is 14.3. The molecule has 1 aromatic heterocycles. The number of hydrogen-bond donors (Lipinski definition) is 6. The molecule has 0 unspecified atom stereocenters. The van der Waals surface area contributed by atoms with Gasteiger partial charge in [0.05, 0.1) is 32.1 Å². The first-order chi connectivity index (χ1) is 27.5. The van der Waals surface area contributed by atoms with Crippen LogP contribution in [0.3, 0.4) is 0 Å². The lowest BCUT2D eigenvalue weighted by Gasteiger charge is -2.18. The van der Waals surface area contributed by atoms with Crippen molar-refractivity contribution in [3.05, 3.63) is 84.5 Å². The Morgan fingerprint density at radius 2 is 1.44 bits per heavy atom. The van der Waals surface area contributed by atoms with E-state index in [-0.39, 0.29) is 33.1 Å². The number of carboxylic acids is 1. The van der Waals surface area contributed by atoms with E-state index in [1.165, 1.54) is 73.2 Å². The van der Waals surface area contributed by atoms with E-state index in [1.54, 1.807) is 36.4 Å². The Labute approximate surface area is 351 Å². The van der Waals surface area contributed by atoms with Crippen LogP contribution >= 0.6 is 46.4 Å². The maximum Gasteiger partial charge on any atom is 0.382 e. The second-order valence-corrected chi connectivity index (χ2v) is 14.9. The molecule has 1 amide bonds. The molecule has 15 heteroatoms. The highest BCUT2D eigenvalue weighted by Gasteiger charge is 2.30. The highest BCUT2D eigenvalue weighted by atomic mass is 35.5. The van der Waals surface area contributed by atoms with Crippen LogP contribution in [0.1, 0.15) is 89.5 Å². The number of aromatic amines is 1. The smallest absolute Gasteiger partial charge is 0.382 e. The van der Waals surface area contributed by atoms with Crippen LogP contribution in [0.4, 0.5) is 34.3 Å². The van der Waals surface area contributed by atoms with Crippen LogP contribution in [0.25, 0.3) is 5.69 Å². The fraction of sp³-hybridized carbons (Fsp3) is 0.310. The molecule has 1 aliphatic heterocycles. The number of carboxylic acid groups (broad SMARTS) is 1. The molecule has 0 saturated carbocycles. The Hall–Kier alpha value is -5.19. The van der Waals surface area contributed by atoms with E-state index in [2.05, 4.69) is 63.2 Å². The second-order valence-electron chi connectivity index (χ2n) is 13.2. The van der Waals surface area contributed by atoms with Gasteiger partial charge in [0, 0.05) is 28.6 Å². The Morgan fingerprint density at radius 1 is 0.772 bits per heavy atom. The third-order valence-electron chi connectivity index (χ3n) is 8.92. The Bertz CT molecular complexity index is 2340. The summed E-state index contributed by atoms with van der Waals surface area (Å²) in [6, 6.07) is 13.2. The molecule has 0 fully saturated rings. The summed E-state index contributed by atoms with van der Waals surface area (Å²) in [5.74, 6) is 13.3. The molecule has 6 N–H and O–H groups in total. The predicted octanol–water partition coefficient (Wildman–Crippen LogP) is 10.6. The zero-order valence-corrected chi connectivity index (χ0v) is 34.2. The van der Waals surface area contributed by atoms with Crippen LogP contribution in [0.2, 0.25) is 20.1 Å². The van der Waals surface area contributed by atoms with E-state index in [1.807, 2.05) is 5.92 Å². The van der Waals surface area contributed by atoms with Crippen molar-refractivity contribution in [2.45, 2.75) is 84.0 Å². The third kappa shape index (κ3) is 12.2. The summed E-state index contributed by atoms with van der Waals surface area (Å²) < 4.78 is 1.19. The minimum atomic E-state index is -1.28. The lowest BCUT2D eigenvalue weighted by molar-refractivity contribution is -0.130. The first-order valence-corrected chi connectivity index (χ1v) is 20.1. The van der Waals surface area contributed by atoms with E-state index < -0.39 is 11.5 Å². The number of benzene rings is 3.